The summed E-state index contributed by atoms with van der Waals surface area (Å²) in [5, 5.41) is 11.5. The fourth-order valence-corrected chi connectivity index (χ4v) is 1.92. The fraction of sp³-hybridized carbons (Fsp3) is 0.857. The molecule has 2 N–H and O–H groups in total. The summed E-state index contributed by atoms with van der Waals surface area (Å²) in [7, 11) is 1.55. The molecular weight excluding hydrogens is 260 g/mol. The number of hydrogen-bond donors (Lipinski definition) is 2. The Hall–Kier alpha value is -1.46. The van der Waals surface area contributed by atoms with Crippen LogP contribution in [-0.4, -0.2) is 48.9 Å². The summed E-state index contributed by atoms with van der Waals surface area (Å²) in [6.45, 7) is 7.42. The van der Waals surface area contributed by atoms with Crippen molar-refractivity contribution in [3.8, 4) is 0 Å². The van der Waals surface area contributed by atoms with Crippen LogP contribution in [0.3, 0.4) is 0 Å². The Kier molecular flexibility index (Phi) is 8.76. The van der Waals surface area contributed by atoms with E-state index < -0.39 is 12.2 Å². The molecule has 0 fully saturated rings. The van der Waals surface area contributed by atoms with Crippen LogP contribution in [0.1, 0.15) is 46.5 Å². The first kappa shape index (κ1) is 18.5. The lowest BCUT2D eigenvalue weighted by molar-refractivity contribution is 0.0727. The second kappa shape index (κ2) is 9.44. The molecule has 0 aliphatic rings. The van der Waals surface area contributed by atoms with Crippen molar-refractivity contribution in [2.24, 2.45) is 5.41 Å². The van der Waals surface area contributed by atoms with Crippen molar-refractivity contribution in [2.45, 2.75) is 46.5 Å². The molecule has 0 saturated heterocycles. The molecule has 1 atom stereocenters. The van der Waals surface area contributed by atoms with Gasteiger partial charge in [-0.2, -0.15) is 0 Å². The number of amides is 2. The first-order valence-electron chi connectivity index (χ1n) is 7.19. The van der Waals surface area contributed by atoms with Crippen LogP contribution in [0.5, 0.6) is 0 Å². The van der Waals surface area contributed by atoms with Gasteiger partial charge in [0.15, 0.2) is 0 Å². The Labute approximate surface area is 121 Å². The monoisotopic (exact) mass is 288 g/mol. The molecule has 0 aromatic carbocycles. The minimum Gasteiger partial charge on any atom is -0.465 e. The van der Waals surface area contributed by atoms with Crippen molar-refractivity contribution in [1.82, 2.24) is 10.2 Å². The molecule has 0 spiro atoms. The molecule has 6 heteroatoms. The summed E-state index contributed by atoms with van der Waals surface area (Å²) in [6.07, 6.45) is 2.05. The van der Waals surface area contributed by atoms with Crippen LogP contribution in [0.2, 0.25) is 0 Å². The van der Waals surface area contributed by atoms with E-state index in [-0.39, 0.29) is 5.41 Å². The molecular formula is C14H28N2O4. The van der Waals surface area contributed by atoms with Gasteiger partial charge >= 0.3 is 12.2 Å². The second-order valence-electron chi connectivity index (χ2n) is 5.52. The maximum absolute atomic E-state index is 11.5. The van der Waals surface area contributed by atoms with Crippen LogP contribution in [0.4, 0.5) is 9.59 Å². The van der Waals surface area contributed by atoms with Crippen LogP contribution < -0.4 is 5.32 Å². The summed E-state index contributed by atoms with van der Waals surface area (Å²) < 4.78 is 5.24. The van der Waals surface area contributed by atoms with Crippen LogP contribution >= 0.6 is 0 Å². The van der Waals surface area contributed by atoms with Gasteiger partial charge in [-0.1, -0.05) is 27.2 Å². The summed E-state index contributed by atoms with van der Waals surface area (Å²) in [5.41, 5.74) is -0.192. The molecule has 118 valence electrons. The van der Waals surface area contributed by atoms with E-state index in [0.29, 0.717) is 26.1 Å². The molecule has 2 amide bonds. The Balaban J connectivity index is 4.29. The van der Waals surface area contributed by atoms with Gasteiger partial charge in [0.2, 0.25) is 0 Å². The topological polar surface area (TPSA) is 78.9 Å². The summed E-state index contributed by atoms with van der Waals surface area (Å²) >= 11 is 0. The van der Waals surface area contributed by atoms with E-state index in [4.69, 9.17) is 9.84 Å². The third kappa shape index (κ3) is 7.86. The van der Waals surface area contributed by atoms with E-state index in [0.717, 1.165) is 19.3 Å². The van der Waals surface area contributed by atoms with Crippen molar-refractivity contribution in [3.63, 3.8) is 0 Å². The van der Waals surface area contributed by atoms with Crippen molar-refractivity contribution in [2.75, 3.05) is 26.7 Å². The smallest absolute Gasteiger partial charge is 0.407 e. The Morgan fingerprint density at radius 3 is 2.40 bits per heavy atom. The maximum Gasteiger partial charge on any atom is 0.407 e. The van der Waals surface area contributed by atoms with Crippen molar-refractivity contribution in [1.29, 1.82) is 0 Å². The Morgan fingerprint density at radius 1 is 1.25 bits per heavy atom. The van der Waals surface area contributed by atoms with E-state index in [1.54, 1.807) is 7.05 Å². The van der Waals surface area contributed by atoms with Gasteiger partial charge in [0, 0.05) is 25.6 Å². The minimum atomic E-state index is -0.939. The summed E-state index contributed by atoms with van der Waals surface area (Å²) in [5.74, 6) is 0. The minimum absolute atomic E-state index is 0.192. The second-order valence-corrected chi connectivity index (χ2v) is 5.52. The normalized spacial score (nSPS) is 13.4. The number of ether oxygens (including phenoxy) is 1. The third-order valence-electron chi connectivity index (χ3n) is 3.30. The van der Waals surface area contributed by atoms with Crippen LogP contribution in [-0.2, 0) is 4.74 Å². The molecule has 0 bridgehead atoms. The zero-order chi connectivity index (χ0) is 15.6. The fourth-order valence-electron chi connectivity index (χ4n) is 1.92. The van der Waals surface area contributed by atoms with Gasteiger partial charge in [0.25, 0.3) is 0 Å². The molecule has 0 aliphatic carbocycles. The van der Waals surface area contributed by atoms with Crippen molar-refractivity contribution < 1.29 is 19.4 Å². The number of carbonyl (C=O) groups is 2. The Bertz CT molecular complexity index is 310. The first-order valence-corrected chi connectivity index (χ1v) is 7.19. The molecule has 1 unspecified atom stereocenters. The Morgan fingerprint density at radius 2 is 1.90 bits per heavy atom. The van der Waals surface area contributed by atoms with Gasteiger partial charge in [0.1, 0.15) is 0 Å². The standard InChI is InChI=1S/C14H28N2O4/c1-5-7-14(3,8-10-16(4)13(18)19)11-20-12(17)15-9-6-2/h5-11H2,1-4H3,(H,15,17)(H,18,19). The molecule has 0 rings (SSSR count). The lowest BCUT2D eigenvalue weighted by Gasteiger charge is -2.30. The number of carbonyl (C=O) groups excluding carboxylic acids is 1. The van der Waals surface area contributed by atoms with Crippen LogP contribution in [0.25, 0.3) is 0 Å². The highest BCUT2D eigenvalue weighted by molar-refractivity contribution is 5.67. The van der Waals surface area contributed by atoms with E-state index in [9.17, 15) is 9.59 Å². The van der Waals surface area contributed by atoms with Gasteiger partial charge in [-0.15, -0.1) is 0 Å². The SMILES string of the molecule is CCCNC(=O)OCC(C)(CCC)CCN(C)C(=O)O. The highest BCUT2D eigenvalue weighted by Crippen LogP contribution is 2.28. The zero-order valence-electron chi connectivity index (χ0n) is 13.1. The van der Waals surface area contributed by atoms with Crippen LogP contribution in [0, 0.1) is 5.41 Å². The highest BCUT2D eigenvalue weighted by Gasteiger charge is 2.26. The quantitative estimate of drug-likeness (QED) is 0.683. The number of rotatable bonds is 9. The largest absolute Gasteiger partial charge is 0.465 e. The van der Waals surface area contributed by atoms with E-state index >= 15 is 0 Å². The van der Waals surface area contributed by atoms with Gasteiger partial charge < -0.3 is 20.1 Å². The van der Waals surface area contributed by atoms with Gasteiger partial charge in [0.05, 0.1) is 6.61 Å². The predicted molar refractivity (Wildman–Crippen MR) is 77.9 cm³/mol. The lowest BCUT2D eigenvalue weighted by Crippen LogP contribution is -2.35. The maximum atomic E-state index is 11.5. The van der Waals surface area contributed by atoms with Crippen LogP contribution in [0.15, 0.2) is 0 Å². The summed E-state index contributed by atoms with van der Waals surface area (Å²) in [4.78, 5) is 23.5. The number of nitrogens with zero attached hydrogens (tertiary/aromatic N) is 1. The first-order chi connectivity index (χ1) is 9.34. The summed E-state index contributed by atoms with van der Waals surface area (Å²) in [6, 6.07) is 0. The molecule has 0 aliphatic heterocycles. The molecule has 0 aromatic heterocycles. The molecule has 6 nitrogen and oxygen atoms in total. The molecule has 0 radical (unpaired) electrons. The number of carboxylic acid groups (broad SMARTS) is 1. The molecule has 0 saturated carbocycles. The third-order valence-corrected chi connectivity index (χ3v) is 3.30. The van der Waals surface area contributed by atoms with E-state index in [2.05, 4.69) is 12.2 Å². The number of alkyl carbamates (subject to hydrolysis) is 1. The van der Waals surface area contributed by atoms with E-state index in [1.165, 1.54) is 4.90 Å². The average molecular weight is 288 g/mol. The number of nitrogens with one attached hydrogen (secondary N) is 1. The highest BCUT2D eigenvalue weighted by atomic mass is 16.5. The predicted octanol–water partition coefficient (Wildman–Crippen LogP) is 2.93. The van der Waals surface area contributed by atoms with Gasteiger partial charge in [-0.25, -0.2) is 9.59 Å². The average Bonchev–Trinajstić information content (AvgIpc) is 2.40. The lowest BCUT2D eigenvalue weighted by atomic mass is 9.83. The van der Waals surface area contributed by atoms with Crippen molar-refractivity contribution in [3.05, 3.63) is 0 Å². The van der Waals surface area contributed by atoms with Gasteiger partial charge in [-0.05, 0) is 19.3 Å². The molecule has 0 aromatic rings. The zero-order valence-corrected chi connectivity index (χ0v) is 13.1. The molecule has 20 heavy (non-hydrogen) atoms. The van der Waals surface area contributed by atoms with Gasteiger partial charge in [-0.3, -0.25) is 0 Å². The van der Waals surface area contributed by atoms with E-state index in [1.807, 2.05) is 13.8 Å². The molecule has 0 heterocycles. The van der Waals surface area contributed by atoms with Crippen molar-refractivity contribution >= 4 is 12.2 Å². The number of hydrogen-bond acceptors (Lipinski definition) is 3.